The Labute approximate surface area is 144 Å². The van der Waals surface area contributed by atoms with Crippen LogP contribution in [0.1, 0.15) is 70.6 Å². The molecule has 0 aromatic carbocycles. The van der Waals surface area contributed by atoms with Crippen LogP contribution in [-0.4, -0.2) is 21.6 Å². The van der Waals surface area contributed by atoms with E-state index >= 15 is 0 Å². The molecule has 0 radical (unpaired) electrons. The Kier molecular flexibility index (Phi) is 3.27. The number of ketones is 1. The SMILES string of the molecule is O=C1C[C@@H]2CC(O)(C(O)=CCC34CC5CC(CC(C5)C3)C4)C[C@@H]2C1. The van der Waals surface area contributed by atoms with E-state index in [1.807, 2.05) is 6.08 Å². The topological polar surface area (TPSA) is 57.5 Å². The van der Waals surface area contributed by atoms with Crippen LogP contribution in [0.15, 0.2) is 11.8 Å². The third kappa shape index (κ3) is 2.38. The van der Waals surface area contributed by atoms with Crippen LogP contribution >= 0.6 is 0 Å². The van der Waals surface area contributed by atoms with Crippen LogP contribution in [0.4, 0.5) is 0 Å². The van der Waals surface area contributed by atoms with Gasteiger partial charge in [-0.2, -0.15) is 0 Å². The Hall–Kier alpha value is -0.830. The van der Waals surface area contributed by atoms with Gasteiger partial charge in [-0.3, -0.25) is 4.79 Å². The first-order chi connectivity index (χ1) is 11.4. The van der Waals surface area contributed by atoms with Crippen molar-refractivity contribution in [1.29, 1.82) is 0 Å². The summed E-state index contributed by atoms with van der Waals surface area (Å²) >= 11 is 0. The van der Waals surface area contributed by atoms with Crippen molar-refractivity contribution in [2.24, 2.45) is 35.0 Å². The van der Waals surface area contributed by atoms with Crippen LogP contribution < -0.4 is 0 Å². The molecule has 6 aliphatic rings. The van der Waals surface area contributed by atoms with Gasteiger partial charge in [0.05, 0.1) is 0 Å². The molecular formula is C21H30O3. The molecule has 4 bridgehead atoms. The minimum absolute atomic E-state index is 0.208. The lowest BCUT2D eigenvalue weighted by Gasteiger charge is -2.56. The number of allylic oxidation sites excluding steroid dienone is 1. The first kappa shape index (κ1) is 15.4. The number of Topliss-reactive ketones (excluding diaryl/α,β-unsaturated/α-hetero) is 1. The van der Waals surface area contributed by atoms with E-state index in [0.29, 0.717) is 36.9 Å². The van der Waals surface area contributed by atoms with Crippen LogP contribution in [-0.2, 0) is 4.79 Å². The van der Waals surface area contributed by atoms with E-state index in [4.69, 9.17) is 0 Å². The first-order valence-corrected chi connectivity index (χ1v) is 10.1. The second kappa shape index (κ2) is 5.09. The summed E-state index contributed by atoms with van der Waals surface area (Å²) in [5, 5.41) is 21.6. The zero-order valence-corrected chi connectivity index (χ0v) is 14.5. The van der Waals surface area contributed by atoms with E-state index < -0.39 is 5.60 Å². The Morgan fingerprint density at radius 3 is 1.96 bits per heavy atom. The first-order valence-electron chi connectivity index (χ1n) is 10.1. The van der Waals surface area contributed by atoms with Gasteiger partial charge in [-0.25, -0.2) is 0 Å². The third-order valence-electron chi connectivity index (χ3n) is 8.22. The van der Waals surface area contributed by atoms with Gasteiger partial charge in [0.25, 0.3) is 0 Å². The van der Waals surface area contributed by atoms with Gasteiger partial charge in [-0.15, -0.1) is 0 Å². The summed E-state index contributed by atoms with van der Waals surface area (Å²) in [4.78, 5) is 11.6. The number of hydrogen-bond acceptors (Lipinski definition) is 3. The van der Waals surface area contributed by atoms with E-state index in [0.717, 1.165) is 24.2 Å². The Balaban J connectivity index is 1.29. The molecule has 0 spiro atoms. The Morgan fingerprint density at radius 2 is 1.46 bits per heavy atom. The van der Waals surface area contributed by atoms with Crippen LogP contribution in [0.2, 0.25) is 0 Å². The molecule has 0 aromatic heterocycles. The van der Waals surface area contributed by atoms with Crippen molar-refractivity contribution in [1.82, 2.24) is 0 Å². The number of carbonyl (C=O) groups is 1. The highest BCUT2D eigenvalue weighted by molar-refractivity contribution is 5.81. The molecule has 3 atom stereocenters. The summed E-state index contributed by atoms with van der Waals surface area (Å²) in [7, 11) is 0. The molecule has 0 aromatic rings. The highest BCUT2D eigenvalue weighted by Gasteiger charge is 2.52. The number of aliphatic hydroxyl groups is 2. The lowest BCUT2D eigenvalue weighted by atomic mass is 9.49. The molecule has 1 unspecified atom stereocenters. The number of carbonyl (C=O) groups excluding carboxylic acids is 1. The van der Waals surface area contributed by atoms with Gasteiger partial charge in [0, 0.05) is 12.8 Å². The van der Waals surface area contributed by atoms with Crippen LogP contribution in [0, 0.1) is 35.0 Å². The minimum Gasteiger partial charge on any atom is -0.510 e. The molecule has 6 fully saturated rings. The van der Waals surface area contributed by atoms with Crippen molar-refractivity contribution in [2.45, 2.75) is 76.2 Å². The van der Waals surface area contributed by atoms with Gasteiger partial charge in [-0.05, 0) is 98.9 Å². The van der Waals surface area contributed by atoms with Crippen molar-refractivity contribution in [3.05, 3.63) is 11.8 Å². The quantitative estimate of drug-likeness (QED) is 0.764. The highest BCUT2D eigenvalue weighted by atomic mass is 16.3. The Bertz CT molecular complexity index is 539. The molecule has 132 valence electrons. The van der Waals surface area contributed by atoms with Crippen LogP contribution in [0.5, 0.6) is 0 Å². The molecule has 6 rings (SSSR count). The fourth-order valence-electron chi connectivity index (χ4n) is 7.68. The van der Waals surface area contributed by atoms with E-state index in [1.165, 1.54) is 38.5 Å². The van der Waals surface area contributed by atoms with Gasteiger partial charge < -0.3 is 10.2 Å². The van der Waals surface area contributed by atoms with Gasteiger partial charge >= 0.3 is 0 Å². The van der Waals surface area contributed by atoms with Crippen LogP contribution in [0.3, 0.4) is 0 Å². The van der Waals surface area contributed by atoms with E-state index in [1.54, 1.807) is 0 Å². The molecule has 3 nitrogen and oxygen atoms in total. The normalized spacial score (nSPS) is 53.0. The average molecular weight is 330 g/mol. The maximum absolute atomic E-state index is 11.6. The van der Waals surface area contributed by atoms with Crippen molar-refractivity contribution in [2.75, 3.05) is 0 Å². The summed E-state index contributed by atoms with van der Waals surface area (Å²) in [5.41, 5.74) is -0.651. The van der Waals surface area contributed by atoms with E-state index in [9.17, 15) is 15.0 Å². The zero-order chi connectivity index (χ0) is 16.5. The predicted octanol–water partition coefficient (Wildman–Crippen LogP) is 4.16. The van der Waals surface area contributed by atoms with Crippen LogP contribution in [0.25, 0.3) is 0 Å². The third-order valence-corrected chi connectivity index (χ3v) is 8.22. The average Bonchev–Trinajstić information content (AvgIpc) is 2.97. The van der Waals surface area contributed by atoms with Gasteiger partial charge in [0.2, 0.25) is 0 Å². The van der Waals surface area contributed by atoms with Gasteiger partial charge in [0.1, 0.15) is 17.1 Å². The van der Waals surface area contributed by atoms with Gasteiger partial charge in [-0.1, -0.05) is 0 Å². The van der Waals surface area contributed by atoms with E-state index in [-0.39, 0.29) is 17.6 Å². The van der Waals surface area contributed by atoms with Crippen molar-refractivity contribution >= 4 is 5.78 Å². The maximum Gasteiger partial charge on any atom is 0.133 e. The molecule has 0 saturated heterocycles. The Morgan fingerprint density at radius 1 is 0.958 bits per heavy atom. The maximum atomic E-state index is 11.6. The second-order valence-electron chi connectivity index (χ2n) is 10.1. The standard InChI is InChI=1S/C21H30O3/c22-18-6-16-11-21(24,12-17(16)7-18)19(23)1-2-20-8-13-3-14(9-20)5-15(4-13)10-20/h1,13-17,23-24H,2-12H2/t13?,14?,15?,16-,17+,20?,21?. The van der Waals surface area contributed by atoms with Gasteiger partial charge in [0.15, 0.2) is 0 Å². The van der Waals surface area contributed by atoms with E-state index in [2.05, 4.69) is 0 Å². The fraction of sp³-hybridized carbons (Fsp3) is 0.857. The zero-order valence-electron chi connectivity index (χ0n) is 14.5. The molecule has 6 saturated carbocycles. The lowest BCUT2D eigenvalue weighted by molar-refractivity contribution is -0.118. The minimum atomic E-state index is -1.06. The van der Waals surface area contributed by atoms with Crippen molar-refractivity contribution < 1.29 is 15.0 Å². The number of rotatable bonds is 3. The van der Waals surface area contributed by atoms with Crippen molar-refractivity contribution in [3.63, 3.8) is 0 Å². The summed E-state index contributed by atoms with van der Waals surface area (Å²) in [6.07, 6.45) is 13.6. The molecule has 0 heterocycles. The molecular weight excluding hydrogens is 300 g/mol. The van der Waals surface area contributed by atoms with Crippen molar-refractivity contribution in [3.8, 4) is 0 Å². The lowest BCUT2D eigenvalue weighted by Crippen LogP contribution is -2.45. The summed E-state index contributed by atoms with van der Waals surface area (Å²) in [6.45, 7) is 0. The molecule has 3 heteroatoms. The molecule has 0 aliphatic heterocycles. The number of hydrogen-bond donors (Lipinski definition) is 2. The summed E-state index contributed by atoms with van der Waals surface area (Å²) in [6, 6.07) is 0. The predicted molar refractivity (Wildman–Crippen MR) is 91.3 cm³/mol. The smallest absolute Gasteiger partial charge is 0.133 e. The molecule has 24 heavy (non-hydrogen) atoms. The summed E-state index contributed by atoms with van der Waals surface area (Å²) in [5.74, 6) is 3.89. The number of aliphatic hydroxyl groups excluding tert-OH is 1. The molecule has 6 aliphatic carbocycles. The number of fused-ring (bicyclic) bond motifs is 1. The monoisotopic (exact) mass is 330 g/mol. The second-order valence-corrected chi connectivity index (χ2v) is 10.1. The molecule has 0 amide bonds. The molecule has 2 N–H and O–H groups in total. The highest BCUT2D eigenvalue weighted by Crippen LogP contribution is 2.61. The largest absolute Gasteiger partial charge is 0.510 e. The fourth-order valence-corrected chi connectivity index (χ4v) is 7.68. The summed E-state index contributed by atoms with van der Waals surface area (Å²) < 4.78 is 0.